The van der Waals surface area contributed by atoms with Crippen LogP contribution in [0.5, 0.6) is 0 Å². The summed E-state index contributed by atoms with van der Waals surface area (Å²) in [6.45, 7) is 6.11. The molecule has 1 fully saturated rings. The van der Waals surface area contributed by atoms with Gasteiger partial charge in [-0.15, -0.1) is 11.8 Å². The van der Waals surface area contributed by atoms with Crippen LogP contribution in [0.15, 0.2) is 0 Å². The maximum Gasteiger partial charge on any atom is 0.232 e. The Kier molecular flexibility index (Phi) is 5.47. The molecule has 3 nitrogen and oxygen atoms in total. The van der Waals surface area contributed by atoms with Crippen molar-refractivity contribution in [2.24, 2.45) is 5.92 Å². The van der Waals surface area contributed by atoms with Crippen molar-refractivity contribution in [3.05, 3.63) is 0 Å². The molecule has 2 atom stereocenters. The van der Waals surface area contributed by atoms with E-state index in [0.717, 1.165) is 19.5 Å². The molecular formula is C11H21NO2S. The van der Waals surface area contributed by atoms with Gasteiger partial charge in [0.1, 0.15) is 0 Å². The lowest BCUT2D eigenvalue weighted by atomic mass is 10.0. The van der Waals surface area contributed by atoms with E-state index < -0.39 is 0 Å². The van der Waals surface area contributed by atoms with E-state index in [2.05, 4.69) is 6.92 Å². The molecule has 1 rings (SSSR count). The fraction of sp³-hybridized carbons (Fsp3) is 0.909. The van der Waals surface area contributed by atoms with Crippen molar-refractivity contribution in [3.63, 3.8) is 0 Å². The lowest BCUT2D eigenvalue weighted by Gasteiger charge is -2.31. The quantitative estimate of drug-likeness (QED) is 0.794. The SMILES string of the molecule is CC1CCCN(C(=O)CSC(C)CO)C1. The summed E-state index contributed by atoms with van der Waals surface area (Å²) in [5.74, 6) is 1.38. The molecule has 0 bridgehead atoms. The van der Waals surface area contributed by atoms with E-state index in [1.54, 1.807) is 0 Å². The van der Waals surface area contributed by atoms with Gasteiger partial charge in [-0.3, -0.25) is 4.79 Å². The third kappa shape index (κ3) is 4.43. The zero-order chi connectivity index (χ0) is 11.3. The van der Waals surface area contributed by atoms with Gasteiger partial charge < -0.3 is 10.0 Å². The molecule has 1 aliphatic rings. The molecule has 2 unspecified atom stereocenters. The maximum atomic E-state index is 11.8. The van der Waals surface area contributed by atoms with Gasteiger partial charge in [0.15, 0.2) is 0 Å². The third-order valence-corrected chi connectivity index (χ3v) is 3.89. The normalized spacial score (nSPS) is 23.9. The molecule has 1 amide bonds. The molecule has 0 saturated carbocycles. The Hall–Kier alpha value is -0.220. The molecule has 4 heteroatoms. The van der Waals surface area contributed by atoms with E-state index in [1.807, 2.05) is 11.8 Å². The van der Waals surface area contributed by atoms with Crippen molar-refractivity contribution in [1.82, 2.24) is 4.90 Å². The third-order valence-electron chi connectivity index (χ3n) is 2.76. The summed E-state index contributed by atoms with van der Waals surface area (Å²) in [6.07, 6.45) is 2.37. The van der Waals surface area contributed by atoms with Gasteiger partial charge in [-0.25, -0.2) is 0 Å². The Morgan fingerprint density at radius 1 is 1.67 bits per heavy atom. The highest BCUT2D eigenvalue weighted by Gasteiger charge is 2.20. The monoisotopic (exact) mass is 231 g/mol. The molecular weight excluding hydrogens is 210 g/mol. The number of carbonyl (C=O) groups excluding carboxylic acids is 1. The van der Waals surface area contributed by atoms with Crippen LogP contribution in [0.3, 0.4) is 0 Å². The van der Waals surface area contributed by atoms with Crippen LogP contribution in [0.2, 0.25) is 0 Å². The minimum absolute atomic E-state index is 0.147. The topological polar surface area (TPSA) is 40.5 Å². The number of piperidine rings is 1. The molecule has 0 aromatic heterocycles. The average molecular weight is 231 g/mol. The number of carbonyl (C=O) groups is 1. The Balaban J connectivity index is 2.26. The van der Waals surface area contributed by atoms with Crippen LogP contribution in [0, 0.1) is 5.92 Å². The second-order valence-corrected chi connectivity index (χ2v) is 5.82. The summed E-state index contributed by atoms with van der Waals surface area (Å²) < 4.78 is 0. The van der Waals surface area contributed by atoms with Crippen LogP contribution in [0.25, 0.3) is 0 Å². The molecule has 0 aliphatic carbocycles. The van der Waals surface area contributed by atoms with E-state index in [-0.39, 0.29) is 17.8 Å². The fourth-order valence-corrected chi connectivity index (χ4v) is 2.49. The molecule has 1 N–H and O–H groups in total. The van der Waals surface area contributed by atoms with Gasteiger partial charge in [-0.2, -0.15) is 0 Å². The highest BCUT2D eigenvalue weighted by atomic mass is 32.2. The van der Waals surface area contributed by atoms with Crippen LogP contribution in [0.4, 0.5) is 0 Å². The summed E-state index contributed by atoms with van der Waals surface area (Å²) in [4.78, 5) is 13.8. The fourth-order valence-electron chi connectivity index (χ4n) is 1.77. The minimum atomic E-state index is 0.147. The van der Waals surface area contributed by atoms with Crippen LogP contribution in [-0.4, -0.2) is 46.6 Å². The van der Waals surface area contributed by atoms with Gasteiger partial charge >= 0.3 is 0 Å². The predicted octanol–water partition coefficient (Wildman–Crippen LogP) is 1.36. The second kappa shape index (κ2) is 6.38. The number of rotatable bonds is 4. The Bertz CT molecular complexity index is 211. The molecule has 0 radical (unpaired) electrons. The van der Waals surface area contributed by atoms with E-state index in [0.29, 0.717) is 11.7 Å². The number of aliphatic hydroxyl groups is 1. The van der Waals surface area contributed by atoms with Crippen LogP contribution < -0.4 is 0 Å². The van der Waals surface area contributed by atoms with Crippen LogP contribution in [-0.2, 0) is 4.79 Å². The number of amides is 1. The largest absolute Gasteiger partial charge is 0.395 e. The van der Waals surface area contributed by atoms with Gasteiger partial charge in [0, 0.05) is 18.3 Å². The predicted molar refractivity (Wildman–Crippen MR) is 64.0 cm³/mol. The first-order chi connectivity index (χ1) is 7.13. The standard InChI is InChI=1S/C11H21NO2S/c1-9-4-3-5-12(6-9)11(14)8-15-10(2)7-13/h9-10,13H,3-8H2,1-2H3. The maximum absolute atomic E-state index is 11.8. The average Bonchev–Trinajstić information content (AvgIpc) is 2.25. The first kappa shape index (κ1) is 12.8. The number of nitrogens with zero attached hydrogens (tertiary/aromatic N) is 1. The number of likely N-dealkylation sites (tertiary alicyclic amines) is 1. The number of hydrogen-bond acceptors (Lipinski definition) is 3. The molecule has 1 aliphatic heterocycles. The first-order valence-corrected chi connectivity index (χ1v) is 6.68. The Morgan fingerprint density at radius 2 is 2.40 bits per heavy atom. The van der Waals surface area contributed by atoms with Gasteiger partial charge in [-0.1, -0.05) is 13.8 Å². The summed E-state index contributed by atoms with van der Waals surface area (Å²) in [5.41, 5.74) is 0. The van der Waals surface area contributed by atoms with Crippen molar-refractivity contribution < 1.29 is 9.90 Å². The summed E-state index contributed by atoms with van der Waals surface area (Å²) in [5, 5.41) is 9.02. The second-order valence-electron chi connectivity index (χ2n) is 4.39. The van der Waals surface area contributed by atoms with Crippen molar-refractivity contribution in [2.45, 2.75) is 31.9 Å². The van der Waals surface area contributed by atoms with E-state index in [1.165, 1.54) is 18.2 Å². The molecule has 1 saturated heterocycles. The molecule has 0 spiro atoms. The van der Waals surface area contributed by atoms with Crippen molar-refractivity contribution in [3.8, 4) is 0 Å². The number of hydrogen-bond donors (Lipinski definition) is 1. The Morgan fingerprint density at radius 3 is 3.00 bits per heavy atom. The van der Waals surface area contributed by atoms with E-state index in [4.69, 9.17) is 5.11 Å². The highest BCUT2D eigenvalue weighted by Crippen LogP contribution is 2.17. The lowest BCUT2D eigenvalue weighted by Crippen LogP contribution is -2.40. The minimum Gasteiger partial charge on any atom is -0.395 e. The number of thioether (sulfide) groups is 1. The summed E-state index contributed by atoms with van der Waals surface area (Å²) in [7, 11) is 0. The van der Waals surface area contributed by atoms with Gasteiger partial charge in [0.2, 0.25) is 5.91 Å². The van der Waals surface area contributed by atoms with Gasteiger partial charge in [0.25, 0.3) is 0 Å². The van der Waals surface area contributed by atoms with Gasteiger partial charge in [-0.05, 0) is 18.8 Å². The molecule has 88 valence electrons. The number of aliphatic hydroxyl groups excluding tert-OH is 1. The van der Waals surface area contributed by atoms with E-state index in [9.17, 15) is 4.79 Å². The smallest absolute Gasteiger partial charge is 0.232 e. The molecule has 0 aromatic carbocycles. The van der Waals surface area contributed by atoms with E-state index >= 15 is 0 Å². The molecule has 15 heavy (non-hydrogen) atoms. The lowest BCUT2D eigenvalue weighted by molar-refractivity contribution is -0.130. The zero-order valence-corrected chi connectivity index (χ0v) is 10.4. The van der Waals surface area contributed by atoms with Gasteiger partial charge in [0.05, 0.1) is 12.4 Å². The summed E-state index contributed by atoms with van der Waals surface area (Å²) in [6, 6.07) is 0. The van der Waals surface area contributed by atoms with Crippen molar-refractivity contribution >= 4 is 17.7 Å². The first-order valence-electron chi connectivity index (χ1n) is 5.63. The summed E-state index contributed by atoms with van der Waals surface area (Å²) >= 11 is 1.54. The van der Waals surface area contributed by atoms with Crippen LogP contribution >= 0.6 is 11.8 Å². The van der Waals surface area contributed by atoms with Crippen molar-refractivity contribution in [2.75, 3.05) is 25.4 Å². The molecule has 1 heterocycles. The highest BCUT2D eigenvalue weighted by molar-refractivity contribution is 8.00. The Labute approximate surface area is 96.2 Å². The molecule has 0 aromatic rings. The zero-order valence-electron chi connectivity index (χ0n) is 9.61. The van der Waals surface area contributed by atoms with Crippen molar-refractivity contribution in [1.29, 1.82) is 0 Å². The van der Waals surface area contributed by atoms with Crippen LogP contribution in [0.1, 0.15) is 26.7 Å².